The Morgan fingerprint density at radius 1 is 1.28 bits per heavy atom. The summed E-state index contributed by atoms with van der Waals surface area (Å²) in [5.41, 5.74) is 0. The first-order chi connectivity index (χ1) is 8.66. The van der Waals surface area contributed by atoms with Crippen LogP contribution in [0, 0.1) is 5.92 Å². The van der Waals surface area contributed by atoms with Crippen LogP contribution in [0.2, 0.25) is 0 Å². The first-order valence-electron chi connectivity index (χ1n) is 7.28. The monoisotopic (exact) mass is 270 g/mol. The van der Waals surface area contributed by atoms with Crippen molar-refractivity contribution in [2.24, 2.45) is 5.92 Å². The number of nitrogens with zero attached hydrogens (tertiary/aromatic N) is 1. The van der Waals surface area contributed by atoms with Gasteiger partial charge in [-0.1, -0.05) is 0 Å². The maximum absolute atomic E-state index is 12.3. The molecule has 0 aromatic carbocycles. The number of carbonyl (C=O) groups is 1. The van der Waals surface area contributed by atoms with Crippen molar-refractivity contribution in [3.63, 3.8) is 0 Å². The minimum atomic E-state index is 0.348. The number of hydrogen-bond acceptors (Lipinski definition) is 3. The fourth-order valence-electron chi connectivity index (χ4n) is 2.41. The van der Waals surface area contributed by atoms with Gasteiger partial charge in [0, 0.05) is 17.8 Å². The van der Waals surface area contributed by atoms with E-state index in [1.54, 1.807) is 0 Å². The van der Waals surface area contributed by atoms with Crippen LogP contribution in [-0.2, 0) is 4.79 Å². The normalized spacial score (nSPS) is 21.3. The van der Waals surface area contributed by atoms with Crippen LogP contribution in [0.25, 0.3) is 0 Å². The van der Waals surface area contributed by atoms with E-state index in [9.17, 15) is 4.79 Å². The number of piperidine rings is 1. The second kappa shape index (κ2) is 6.80. The van der Waals surface area contributed by atoms with Crippen molar-refractivity contribution in [3.8, 4) is 0 Å². The van der Waals surface area contributed by atoms with Crippen molar-refractivity contribution in [2.45, 2.75) is 50.8 Å². The van der Waals surface area contributed by atoms with E-state index in [1.165, 1.54) is 25.7 Å². The van der Waals surface area contributed by atoms with Gasteiger partial charge in [-0.25, -0.2) is 0 Å². The van der Waals surface area contributed by atoms with Crippen molar-refractivity contribution in [3.05, 3.63) is 0 Å². The Bertz CT molecular complexity index is 273. The molecule has 0 unspecified atom stereocenters. The van der Waals surface area contributed by atoms with E-state index in [1.807, 2.05) is 11.8 Å². The minimum absolute atomic E-state index is 0.348. The molecule has 1 aliphatic heterocycles. The van der Waals surface area contributed by atoms with E-state index in [0.717, 1.165) is 25.6 Å². The summed E-state index contributed by atoms with van der Waals surface area (Å²) < 4.78 is 0. The minimum Gasteiger partial charge on any atom is -0.339 e. The lowest BCUT2D eigenvalue weighted by molar-refractivity contribution is -0.130. The second-order valence-electron chi connectivity index (χ2n) is 5.84. The van der Waals surface area contributed by atoms with Gasteiger partial charge in [-0.2, -0.15) is 0 Å². The summed E-state index contributed by atoms with van der Waals surface area (Å²) in [5, 5.41) is 4.05. The molecule has 0 spiro atoms. The quantitative estimate of drug-likeness (QED) is 0.802. The van der Waals surface area contributed by atoms with Crippen molar-refractivity contribution in [1.82, 2.24) is 10.2 Å². The van der Waals surface area contributed by atoms with E-state index in [4.69, 9.17) is 0 Å². The molecule has 0 radical (unpaired) electrons. The first kappa shape index (κ1) is 14.2. The molecule has 1 saturated carbocycles. The van der Waals surface area contributed by atoms with Crippen LogP contribution in [0.3, 0.4) is 0 Å². The maximum Gasteiger partial charge on any atom is 0.232 e. The molecule has 1 aliphatic carbocycles. The molecule has 2 rings (SSSR count). The standard InChI is InChI=1S/C14H26N2OS/c1-11(2)16(9-12-3-4-12)14(17)10-18-13-5-7-15-8-6-13/h11-13,15H,3-10H2,1-2H3. The highest BCUT2D eigenvalue weighted by atomic mass is 32.2. The number of amides is 1. The number of carbonyl (C=O) groups excluding carboxylic acids is 1. The van der Waals surface area contributed by atoms with Crippen LogP contribution in [0.15, 0.2) is 0 Å². The van der Waals surface area contributed by atoms with Crippen LogP contribution in [-0.4, -0.2) is 47.5 Å². The predicted octanol–water partition coefficient (Wildman–Crippen LogP) is 2.12. The second-order valence-corrected chi connectivity index (χ2v) is 7.13. The van der Waals surface area contributed by atoms with Crippen LogP contribution in [0.5, 0.6) is 0 Å². The summed E-state index contributed by atoms with van der Waals surface area (Å²) in [6.45, 7) is 7.48. The van der Waals surface area contributed by atoms with Gasteiger partial charge in [0.25, 0.3) is 0 Å². The highest BCUT2D eigenvalue weighted by Gasteiger charge is 2.28. The Hall–Kier alpha value is -0.220. The number of hydrogen-bond donors (Lipinski definition) is 1. The van der Waals surface area contributed by atoms with E-state index in [-0.39, 0.29) is 0 Å². The van der Waals surface area contributed by atoms with Gasteiger partial charge >= 0.3 is 0 Å². The van der Waals surface area contributed by atoms with Gasteiger partial charge in [0.15, 0.2) is 0 Å². The summed E-state index contributed by atoms with van der Waals surface area (Å²) in [6.07, 6.45) is 5.06. The Morgan fingerprint density at radius 2 is 1.94 bits per heavy atom. The summed E-state index contributed by atoms with van der Waals surface area (Å²) in [5.74, 6) is 1.82. The molecule has 0 bridgehead atoms. The molecule has 0 aromatic heterocycles. The SMILES string of the molecule is CC(C)N(CC1CC1)C(=O)CSC1CCNCC1. The fraction of sp³-hybridized carbons (Fsp3) is 0.929. The largest absolute Gasteiger partial charge is 0.339 e. The van der Waals surface area contributed by atoms with Crippen molar-refractivity contribution in [2.75, 3.05) is 25.4 Å². The Morgan fingerprint density at radius 3 is 2.50 bits per heavy atom. The number of thioether (sulfide) groups is 1. The van der Waals surface area contributed by atoms with Gasteiger partial charge in [0.05, 0.1) is 5.75 Å². The molecular weight excluding hydrogens is 244 g/mol. The Balaban J connectivity index is 1.73. The van der Waals surface area contributed by atoms with Gasteiger partial charge in [0.2, 0.25) is 5.91 Å². The molecule has 2 aliphatic rings. The molecule has 1 N–H and O–H groups in total. The van der Waals surface area contributed by atoms with Gasteiger partial charge in [0.1, 0.15) is 0 Å². The van der Waals surface area contributed by atoms with Gasteiger partial charge in [-0.05, 0) is 58.5 Å². The number of nitrogens with one attached hydrogen (secondary N) is 1. The third kappa shape index (κ3) is 4.47. The molecule has 18 heavy (non-hydrogen) atoms. The van der Waals surface area contributed by atoms with Crippen molar-refractivity contribution in [1.29, 1.82) is 0 Å². The lowest BCUT2D eigenvalue weighted by atomic mass is 10.2. The molecule has 2 fully saturated rings. The molecule has 4 heteroatoms. The van der Waals surface area contributed by atoms with Gasteiger partial charge < -0.3 is 10.2 Å². The average molecular weight is 270 g/mol. The molecule has 3 nitrogen and oxygen atoms in total. The Labute approximate surface area is 115 Å². The third-order valence-corrected chi connectivity index (χ3v) is 5.18. The van der Waals surface area contributed by atoms with E-state index in [2.05, 4.69) is 24.1 Å². The van der Waals surface area contributed by atoms with Crippen molar-refractivity contribution >= 4 is 17.7 Å². The highest BCUT2D eigenvalue weighted by Crippen LogP contribution is 2.30. The molecule has 104 valence electrons. The molecular formula is C14H26N2OS. The zero-order valence-corrected chi connectivity index (χ0v) is 12.5. The highest BCUT2D eigenvalue weighted by molar-refractivity contribution is 8.00. The average Bonchev–Trinajstić information content (AvgIpc) is 3.18. The summed E-state index contributed by atoms with van der Waals surface area (Å²) in [6, 6.07) is 0.353. The topological polar surface area (TPSA) is 32.3 Å². The van der Waals surface area contributed by atoms with E-state index >= 15 is 0 Å². The van der Waals surface area contributed by atoms with Crippen LogP contribution in [0.1, 0.15) is 39.5 Å². The maximum atomic E-state index is 12.3. The smallest absolute Gasteiger partial charge is 0.232 e. The van der Waals surface area contributed by atoms with E-state index in [0.29, 0.717) is 23.0 Å². The zero-order chi connectivity index (χ0) is 13.0. The van der Waals surface area contributed by atoms with Crippen LogP contribution >= 0.6 is 11.8 Å². The lowest BCUT2D eigenvalue weighted by Gasteiger charge is -2.28. The molecule has 1 amide bonds. The number of rotatable bonds is 6. The summed E-state index contributed by atoms with van der Waals surface area (Å²) >= 11 is 1.87. The molecule has 0 aromatic rings. The molecule has 1 saturated heterocycles. The molecule has 1 heterocycles. The summed E-state index contributed by atoms with van der Waals surface area (Å²) in [7, 11) is 0. The van der Waals surface area contributed by atoms with E-state index < -0.39 is 0 Å². The molecule has 0 atom stereocenters. The predicted molar refractivity (Wildman–Crippen MR) is 77.9 cm³/mol. The van der Waals surface area contributed by atoms with Crippen LogP contribution < -0.4 is 5.32 Å². The summed E-state index contributed by atoms with van der Waals surface area (Å²) in [4.78, 5) is 14.4. The third-order valence-electron chi connectivity index (χ3n) is 3.82. The van der Waals surface area contributed by atoms with Gasteiger partial charge in [-0.3, -0.25) is 4.79 Å². The van der Waals surface area contributed by atoms with Crippen LogP contribution in [0.4, 0.5) is 0 Å². The van der Waals surface area contributed by atoms with Gasteiger partial charge in [-0.15, -0.1) is 11.8 Å². The lowest BCUT2D eigenvalue weighted by Crippen LogP contribution is -2.40. The fourth-order valence-corrected chi connectivity index (χ4v) is 3.53. The Kier molecular flexibility index (Phi) is 5.37. The van der Waals surface area contributed by atoms with Crippen molar-refractivity contribution < 1.29 is 4.79 Å². The first-order valence-corrected chi connectivity index (χ1v) is 8.33. The zero-order valence-electron chi connectivity index (χ0n) is 11.7.